The van der Waals surface area contributed by atoms with Crippen molar-refractivity contribution in [1.29, 1.82) is 0 Å². The number of benzene rings is 1. The number of hydrogen-bond donors (Lipinski definition) is 1. The Morgan fingerprint density at radius 3 is 2.16 bits per heavy atom. The van der Waals surface area contributed by atoms with Gasteiger partial charge in [-0.3, -0.25) is 24.3 Å². The summed E-state index contributed by atoms with van der Waals surface area (Å²) in [4.78, 5) is 34.1. The Morgan fingerprint density at radius 1 is 0.878 bits per heavy atom. The molecule has 0 saturated carbocycles. The van der Waals surface area contributed by atoms with Gasteiger partial charge in [0.25, 0.3) is 0 Å². The van der Waals surface area contributed by atoms with Crippen LogP contribution in [0.3, 0.4) is 0 Å². The molecule has 1 amide bonds. The third kappa shape index (κ3) is 7.70. The SMILES string of the molecule is CCOC1CC(=O)N2C[C@@H]3CCCN4CCC[C@H](C2C1)[C@H]34.COc1ccc(CN2C[C@@H]3CCCN4CCC[C@H](C2CCCC(=O)O)[C@H]34)cc1. The van der Waals surface area contributed by atoms with Crippen LogP contribution in [0.4, 0.5) is 0 Å². The number of carboxylic acids is 1. The highest BCUT2D eigenvalue weighted by molar-refractivity contribution is 5.78. The summed E-state index contributed by atoms with van der Waals surface area (Å²) in [5, 5.41) is 9.12. The predicted octanol–water partition coefficient (Wildman–Crippen LogP) is 5.51. The van der Waals surface area contributed by atoms with E-state index in [0.29, 0.717) is 36.2 Å². The van der Waals surface area contributed by atoms with Crippen molar-refractivity contribution in [2.24, 2.45) is 23.7 Å². The van der Waals surface area contributed by atoms with E-state index in [2.05, 4.69) is 31.7 Å². The molecule has 7 aliphatic heterocycles. The lowest BCUT2D eigenvalue weighted by molar-refractivity contribution is -0.160. The van der Waals surface area contributed by atoms with E-state index in [1.54, 1.807) is 7.11 Å². The number of carboxylic acid groups (broad SMARTS) is 1. The molecule has 1 aromatic carbocycles. The van der Waals surface area contributed by atoms with Crippen LogP contribution in [0.1, 0.15) is 96.0 Å². The van der Waals surface area contributed by atoms with E-state index in [1.807, 2.05) is 19.1 Å². The van der Waals surface area contributed by atoms with E-state index in [0.717, 1.165) is 75.2 Å². The molecular weight excluding hydrogens is 616 g/mol. The van der Waals surface area contributed by atoms with Gasteiger partial charge < -0.3 is 19.5 Å². The summed E-state index contributed by atoms with van der Waals surface area (Å²) in [6, 6.07) is 10.9. The summed E-state index contributed by atoms with van der Waals surface area (Å²) >= 11 is 0. The van der Waals surface area contributed by atoms with E-state index < -0.39 is 5.97 Å². The number of aliphatic carboxylic acids is 1. The lowest BCUT2D eigenvalue weighted by Gasteiger charge is -2.59. The first-order chi connectivity index (χ1) is 23.9. The van der Waals surface area contributed by atoms with Crippen molar-refractivity contribution in [2.45, 2.75) is 127 Å². The molecule has 7 heterocycles. The first kappa shape index (κ1) is 35.2. The van der Waals surface area contributed by atoms with Crippen LogP contribution in [0.25, 0.3) is 0 Å². The van der Waals surface area contributed by atoms with Crippen molar-refractivity contribution < 1.29 is 24.2 Å². The van der Waals surface area contributed by atoms with Gasteiger partial charge in [-0.25, -0.2) is 0 Å². The zero-order valence-corrected chi connectivity index (χ0v) is 30.2. The second-order valence-electron chi connectivity index (χ2n) is 16.2. The average molecular weight is 679 g/mol. The van der Waals surface area contributed by atoms with Gasteiger partial charge in [-0.05, 0) is 145 Å². The quantitative estimate of drug-likeness (QED) is 0.366. The molecule has 0 aliphatic carbocycles. The van der Waals surface area contributed by atoms with Crippen LogP contribution in [-0.4, -0.2) is 120 Å². The van der Waals surface area contributed by atoms with Crippen molar-refractivity contribution in [3.63, 3.8) is 0 Å². The standard InChI is InChI=1S/C23H34N2O3.C17H28N2O2/c1-28-19-11-9-17(10-12-19)15-25-16-18-5-3-13-24-14-4-6-20(23(18)24)21(25)7-2-8-22(26)27;1-2-21-13-9-15-14-6-4-8-18-7-3-5-12(17(14)18)11-19(15)16(20)10-13/h9-12,18,20-21,23H,2-8,13-16H2,1H3,(H,26,27);12-15,17H,2-11H2,1H3/t18-,20+,21?,23-;12-,13?,14+,15?,17-/m00/s1. The predicted molar refractivity (Wildman–Crippen MR) is 190 cm³/mol. The van der Waals surface area contributed by atoms with E-state index in [-0.39, 0.29) is 12.5 Å². The molecule has 7 fully saturated rings. The fourth-order valence-electron chi connectivity index (χ4n) is 11.7. The van der Waals surface area contributed by atoms with E-state index in [4.69, 9.17) is 14.6 Å². The summed E-state index contributed by atoms with van der Waals surface area (Å²) in [6.07, 6.45) is 14.5. The molecule has 272 valence electrons. The topological polar surface area (TPSA) is 85.8 Å². The normalized spacial score (nSPS) is 36.1. The highest BCUT2D eigenvalue weighted by Gasteiger charge is 2.52. The van der Waals surface area contributed by atoms with Crippen molar-refractivity contribution in [3.8, 4) is 5.75 Å². The Labute approximate surface area is 294 Å². The lowest BCUT2D eigenvalue weighted by atomic mass is 9.68. The van der Waals surface area contributed by atoms with Crippen molar-refractivity contribution >= 4 is 11.9 Å². The van der Waals surface area contributed by atoms with Gasteiger partial charge >= 0.3 is 5.97 Å². The molecule has 1 N–H and O–H groups in total. The molecule has 9 heteroatoms. The van der Waals surface area contributed by atoms with Crippen molar-refractivity contribution in [1.82, 2.24) is 19.6 Å². The zero-order chi connectivity index (χ0) is 33.9. The summed E-state index contributed by atoms with van der Waals surface area (Å²) in [6.45, 7) is 11.0. The van der Waals surface area contributed by atoms with Crippen molar-refractivity contribution in [3.05, 3.63) is 29.8 Å². The molecule has 7 aliphatic rings. The van der Waals surface area contributed by atoms with Crippen LogP contribution in [0.5, 0.6) is 5.75 Å². The highest BCUT2D eigenvalue weighted by atomic mass is 16.5. The molecule has 1 aromatic rings. The first-order valence-electron chi connectivity index (χ1n) is 19.9. The smallest absolute Gasteiger partial charge is 0.303 e. The molecular formula is C40H62N4O5. The minimum absolute atomic E-state index is 0.166. The Bertz CT molecular complexity index is 1260. The molecule has 0 aromatic heterocycles. The zero-order valence-electron chi connectivity index (χ0n) is 30.2. The van der Waals surface area contributed by atoms with Crippen LogP contribution in [0, 0.1) is 23.7 Å². The van der Waals surface area contributed by atoms with Gasteiger partial charge in [-0.1, -0.05) is 12.1 Å². The molecule has 9 atom stereocenters. The number of rotatable bonds is 9. The Morgan fingerprint density at radius 2 is 1.51 bits per heavy atom. The van der Waals surface area contributed by atoms with Gasteiger partial charge in [-0.15, -0.1) is 0 Å². The minimum atomic E-state index is -0.668. The number of carbonyl (C=O) groups excluding carboxylic acids is 1. The van der Waals surface area contributed by atoms with Gasteiger partial charge in [0.2, 0.25) is 5.91 Å². The molecule has 0 radical (unpaired) electrons. The highest BCUT2D eigenvalue weighted by Crippen LogP contribution is 2.46. The average Bonchev–Trinajstić information content (AvgIpc) is 3.11. The Hall–Kier alpha value is -2.20. The monoisotopic (exact) mass is 678 g/mol. The molecule has 7 saturated heterocycles. The Kier molecular flexibility index (Phi) is 11.5. The number of ether oxygens (including phenoxy) is 2. The first-order valence-corrected chi connectivity index (χ1v) is 19.9. The molecule has 8 rings (SSSR count). The fourth-order valence-corrected chi connectivity index (χ4v) is 11.7. The fraction of sp³-hybridized carbons (Fsp3) is 0.800. The Balaban J connectivity index is 0.000000160. The van der Waals surface area contributed by atoms with E-state index in [9.17, 15) is 9.59 Å². The number of likely N-dealkylation sites (tertiary alicyclic amines) is 1. The van der Waals surface area contributed by atoms with Gasteiger partial charge in [0.1, 0.15) is 5.75 Å². The maximum atomic E-state index is 12.6. The van der Waals surface area contributed by atoms with Crippen LogP contribution >= 0.6 is 0 Å². The maximum absolute atomic E-state index is 12.6. The number of nitrogens with zero attached hydrogens (tertiary/aromatic N) is 4. The van der Waals surface area contributed by atoms with Crippen LogP contribution in [0.2, 0.25) is 0 Å². The summed E-state index contributed by atoms with van der Waals surface area (Å²) in [5.41, 5.74) is 1.32. The molecule has 9 nitrogen and oxygen atoms in total. The number of carbonyl (C=O) groups is 2. The van der Waals surface area contributed by atoms with E-state index in [1.165, 1.54) is 83.1 Å². The minimum Gasteiger partial charge on any atom is -0.497 e. The lowest BCUT2D eigenvalue weighted by Crippen LogP contribution is -2.67. The summed E-state index contributed by atoms with van der Waals surface area (Å²) in [7, 11) is 1.70. The van der Waals surface area contributed by atoms with E-state index >= 15 is 0 Å². The number of piperidine rings is 7. The number of fused-ring (bicyclic) bond motifs is 2. The van der Waals surface area contributed by atoms with Gasteiger partial charge in [0, 0.05) is 56.8 Å². The van der Waals surface area contributed by atoms with Crippen LogP contribution < -0.4 is 4.74 Å². The number of methoxy groups -OCH3 is 1. The third-order valence-electron chi connectivity index (χ3n) is 13.5. The number of hydrogen-bond acceptors (Lipinski definition) is 7. The summed E-state index contributed by atoms with van der Waals surface area (Å²) in [5.74, 6) is 3.48. The largest absolute Gasteiger partial charge is 0.497 e. The molecule has 0 bridgehead atoms. The van der Waals surface area contributed by atoms with Crippen LogP contribution in [0.15, 0.2) is 24.3 Å². The third-order valence-corrected chi connectivity index (χ3v) is 13.5. The van der Waals surface area contributed by atoms with Gasteiger partial charge in [-0.2, -0.15) is 0 Å². The number of amides is 1. The van der Waals surface area contributed by atoms with Gasteiger partial charge in [0.15, 0.2) is 0 Å². The van der Waals surface area contributed by atoms with Crippen LogP contribution in [-0.2, 0) is 20.9 Å². The maximum Gasteiger partial charge on any atom is 0.303 e. The molecule has 3 unspecified atom stereocenters. The molecule has 0 spiro atoms. The summed E-state index contributed by atoms with van der Waals surface area (Å²) < 4.78 is 11.1. The van der Waals surface area contributed by atoms with Gasteiger partial charge in [0.05, 0.1) is 19.6 Å². The van der Waals surface area contributed by atoms with Crippen molar-refractivity contribution in [2.75, 3.05) is 53.0 Å². The second kappa shape index (κ2) is 16.0. The molecule has 49 heavy (non-hydrogen) atoms. The second-order valence-corrected chi connectivity index (χ2v) is 16.2.